The quantitative estimate of drug-likeness (QED) is 0.664. The molecule has 0 amide bonds. The van der Waals surface area contributed by atoms with Crippen LogP contribution >= 0.6 is 0 Å². The van der Waals surface area contributed by atoms with E-state index in [2.05, 4.69) is 61.6 Å². The van der Waals surface area contributed by atoms with Gasteiger partial charge in [0.15, 0.2) is 0 Å². The summed E-state index contributed by atoms with van der Waals surface area (Å²) in [5.41, 5.74) is 1.24. The van der Waals surface area contributed by atoms with E-state index >= 15 is 0 Å². The third-order valence-electron chi connectivity index (χ3n) is 3.52. The Morgan fingerprint density at radius 3 is 2.61 bits per heavy atom. The molecule has 1 nitrogen and oxygen atoms in total. The zero-order valence-corrected chi connectivity index (χ0v) is 11.9. The summed E-state index contributed by atoms with van der Waals surface area (Å²) in [7, 11) is -1.49. The second-order valence-corrected chi connectivity index (χ2v) is 9.72. The van der Waals surface area contributed by atoms with E-state index in [1.165, 1.54) is 22.4 Å². The normalized spacial score (nSPS) is 18.2. The minimum Gasteiger partial charge on any atom is -0.544 e. The summed E-state index contributed by atoms with van der Waals surface area (Å²) in [6.07, 6.45) is 3.40. The Balaban J connectivity index is 2.12. The molecular weight excluding hydrogens is 236 g/mol. The molecule has 0 saturated heterocycles. The maximum Gasteiger partial charge on any atom is 0.245 e. The van der Waals surface area contributed by atoms with Gasteiger partial charge in [0.25, 0.3) is 0 Å². The summed E-state index contributed by atoms with van der Waals surface area (Å²) in [5, 5.41) is 2.57. The summed E-state index contributed by atoms with van der Waals surface area (Å²) in [5.74, 6) is 1.09. The Morgan fingerprint density at radius 2 is 1.78 bits per heavy atom. The fourth-order valence-corrected chi connectivity index (χ4v) is 4.28. The molecule has 0 radical (unpaired) electrons. The van der Waals surface area contributed by atoms with E-state index in [1.807, 2.05) is 0 Å². The van der Waals surface area contributed by atoms with Crippen molar-refractivity contribution in [1.82, 2.24) is 0 Å². The van der Waals surface area contributed by atoms with Gasteiger partial charge in [-0.15, -0.1) is 0 Å². The molecule has 18 heavy (non-hydrogen) atoms. The molecule has 0 aromatic heterocycles. The topological polar surface area (TPSA) is 9.23 Å². The summed E-state index contributed by atoms with van der Waals surface area (Å²) in [6, 6.07) is 16.2. The Kier molecular flexibility index (Phi) is 2.75. The summed E-state index contributed by atoms with van der Waals surface area (Å²) in [4.78, 5) is 0. The Morgan fingerprint density at radius 1 is 1.00 bits per heavy atom. The number of hydrogen-bond donors (Lipinski definition) is 0. The molecule has 0 fully saturated rings. The van der Waals surface area contributed by atoms with Crippen LogP contribution in [0.1, 0.15) is 12.0 Å². The highest BCUT2D eigenvalue weighted by molar-refractivity contribution is 6.72. The first-order valence-electron chi connectivity index (χ1n) is 6.53. The van der Waals surface area contributed by atoms with Crippen molar-refractivity contribution >= 4 is 24.8 Å². The molecule has 2 aromatic rings. The third-order valence-corrected chi connectivity index (χ3v) is 5.78. The van der Waals surface area contributed by atoms with Crippen molar-refractivity contribution in [3.63, 3.8) is 0 Å². The molecule has 1 aliphatic heterocycles. The minimum absolute atomic E-state index is 1.09. The number of rotatable bonds is 1. The first kappa shape index (κ1) is 11.5. The molecule has 0 atom stereocenters. The van der Waals surface area contributed by atoms with Crippen molar-refractivity contribution in [3.05, 3.63) is 54.1 Å². The number of hydrogen-bond acceptors (Lipinski definition) is 1. The Bertz CT molecular complexity index is 608. The van der Waals surface area contributed by atoms with Crippen molar-refractivity contribution in [2.24, 2.45) is 0 Å². The summed E-state index contributed by atoms with van der Waals surface area (Å²) < 4.78 is 6.27. The van der Waals surface area contributed by atoms with Crippen molar-refractivity contribution < 1.29 is 4.43 Å². The molecule has 92 valence electrons. The van der Waals surface area contributed by atoms with Gasteiger partial charge in [-0.1, -0.05) is 42.5 Å². The molecule has 0 saturated carbocycles. The van der Waals surface area contributed by atoms with E-state index < -0.39 is 8.32 Å². The SMILES string of the molecule is C[Si]1(C)CCC=C(c2cccc3ccccc23)O1. The highest BCUT2D eigenvalue weighted by atomic mass is 28.4. The maximum atomic E-state index is 6.27. The summed E-state index contributed by atoms with van der Waals surface area (Å²) in [6.45, 7) is 4.59. The Hall–Kier alpha value is -1.54. The van der Waals surface area contributed by atoms with E-state index in [1.54, 1.807) is 0 Å². The van der Waals surface area contributed by atoms with Gasteiger partial charge in [-0.05, 0) is 42.4 Å². The monoisotopic (exact) mass is 254 g/mol. The fraction of sp³-hybridized carbons (Fsp3) is 0.250. The van der Waals surface area contributed by atoms with Gasteiger partial charge < -0.3 is 4.43 Å². The van der Waals surface area contributed by atoms with E-state index in [0.717, 1.165) is 12.2 Å². The molecule has 3 rings (SSSR count). The molecule has 2 aromatic carbocycles. The second-order valence-electron chi connectivity index (χ2n) is 5.50. The minimum atomic E-state index is -1.49. The van der Waals surface area contributed by atoms with Crippen LogP contribution in [0.15, 0.2) is 48.5 Å². The van der Waals surface area contributed by atoms with Crippen LogP contribution in [0, 0.1) is 0 Å². The van der Waals surface area contributed by atoms with E-state index in [9.17, 15) is 0 Å². The van der Waals surface area contributed by atoms with Crippen molar-refractivity contribution in [2.45, 2.75) is 25.6 Å². The van der Waals surface area contributed by atoms with Crippen LogP contribution in [0.5, 0.6) is 0 Å². The average Bonchev–Trinajstić information content (AvgIpc) is 2.37. The molecule has 0 bridgehead atoms. The van der Waals surface area contributed by atoms with Crippen LogP contribution in [-0.2, 0) is 4.43 Å². The second kappa shape index (κ2) is 4.29. The summed E-state index contributed by atoms with van der Waals surface area (Å²) >= 11 is 0. The van der Waals surface area contributed by atoms with Crippen molar-refractivity contribution in [1.29, 1.82) is 0 Å². The van der Waals surface area contributed by atoms with E-state index in [-0.39, 0.29) is 0 Å². The largest absolute Gasteiger partial charge is 0.544 e. The molecule has 1 heterocycles. The lowest BCUT2D eigenvalue weighted by atomic mass is 10.0. The number of benzene rings is 2. The van der Waals surface area contributed by atoms with Crippen LogP contribution in [-0.4, -0.2) is 8.32 Å². The smallest absolute Gasteiger partial charge is 0.245 e. The van der Waals surface area contributed by atoms with Crippen LogP contribution in [0.2, 0.25) is 19.1 Å². The third kappa shape index (κ3) is 2.08. The first-order chi connectivity index (χ1) is 8.66. The van der Waals surface area contributed by atoms with Gasteiger partial charge in [0.05, 0.1) is 0 Å². The van der Waals surface area contributed by atoms with Crippen LogP contribution in [0.4, 0.5) is 0 Å². The molecule has 2 heteroatoms. The van der Waals surface area contributed by atoms with Gasteiger partial charge in [0.1, 0.15) is 5.76 Å². The highest BCUT2D eigenvalue weighted by Gasteiger charge is 2.28. The molecule has 0 N–H and O–H groups in total. The highest BCUT2D eigenvalue weighted by Crippen LogP contribution is 2.33. The molecule has 0 aliphatic carbocycles. The molecule has 0 unspecified atom stereocenters. The lowest BCUT2D eigenvalue weighted by Gasteiger charge is -2.30. The number of fused-ring (bicyclic) bond motifs is 1. The first-order valence-corrected chi connectivity index (χ1v) is 9.65. The fourth-order valence-electron chi connectivity index (χ4n) is 2.55. The van der Waals surface area contributed by atoms with Gasteiger partial charge in [0, 0.05) is 5.56 Å². The predicted octanol–water partition coefficient (Wildman–Crippen LogP) is 4.81. The van der Waals surface area contributed by atoms with Gasteiger partial charge in [-0.25, -0.2) is 0 Å². The predicted molar refractivity (Wildman–Crippen MR) is 79.9 cm³/mol. The molecule has 0 spiro atoms. The van der Waals surface area contributed by atoms with Gasteiger partial charge in [-0.2, -0.15) is 0 Å². The van der Waals surface area contributed by atoms with Crippen LogP contribution in [0.25, 0.3) is 16.5 Å². The standard InChI is InChI=1S/C16H18OSi/c1-18(2)12-6-11-16(17-18)15-10-5-8-13-7-3-4-9-14(13)15/h3-5,7-11H,6,12H2,1-2H3. The lowest BCUT2D eigenvalue weighted by Crippen LogP contribution is -2.31. The van der Waals surface area contributed by atoms with Crippen LogP contribution in [0.3, 0.4) is 0 Å². The van der Waals surface area contributed by atoms with Crippen molar-refractivity contribution in [2.75, 3.05) is 0 Å². The van der Waals surface area contributed by atoms with Gasteiger partial charge >= 0.3 is 0 Å². The number of allylic oxidation sites excluding steroid dienone is 1. The molecule has 1 aliphatic rings. The van der Waals surface area contributed by atoms with Gasteiger partial charge in [0.2, 0.25) is 8.32 Å². The van der Waals surface area contributed by atoms with Crippen LogP contribution < -0.4 is 0 Å². The van der Waals surface area contributed by atoms with Crippen molar-refractivity contribution in [3.8, 4) is 0 Å². The maximum absolute atomic E-state index is 6.27. The van der Waals surface area contributed by atoms with Gasteiger partial charge in [-0.3, -0.25) is 0 Å². The Labute approximate surface area is 109 Å². The van der Waals surface area contributed by atoms with E-state index in [4.69, 9.17) is 4.43 Å². The molecular formula is C16H18OSi. The zero-order chi connectivity index (χ0) is 12.6. The average molecular weight is 254 g/mol. The lowest BCUT2D eigenvalue weighted by molar-refractivity contribution is 0.492. The zero-order valence-electron chi connectivity index (χ0n) is 10.9. The van der Waals surface area contributed by atoms with E-state index in [0.29, 0.717) is 0 Å².